The highest BCUT2D eigenvalue weighted by atomic mass is 32.2. The minimum Gasteiger partial charge on any atom is -0.495 e. The molecule has 3 rings (SSSR count). The molecule has 8 nitrogen and oxygen atoms in total. The second kappa shape index (κ2) is 8.78. The van der Waals surface area contributed by atoms with Crippen LogP contribution in [0.4, 0.5) is 0 Å². The summed E-state index contributed by atoms with van der Waals surface area (Å²) in [6, 6.07) is 8.11. The monoisotopic (exact) mass is 439 g/mol. The van der Waals surface area contributed by atoms with Gasteiger partial charge < -0.3 is 4.74 Å². The van der Waals surface area contributed by atoms with Crippen molar-refractivity contribution in [3.8, 4) is 5.75 Å². The van der Waals surface area contributed by atoms with E-state index in [2.05, 4.69) is 9.71 Å². The molecule has 0 bridgehead atoms. The quantitative estimate of drug-likeness (QED) is 0.705. The van der Waals surface area contributed by atoms with Crippen LogP contribution in [-0.4, -0.2) is 52.9 Å². The van der Waals surface area contributed by atoms with Crippen molar-refractivity contribution in [2.75, 3.05) is 26.7 Å². The Morgan fingerprint density at radius 1 is 1.17 bits per heavy atom. The lowest BCUT2D eigenvalue weighted by Crippen LogP contribution is -2.41. The average molecular weight is 440 g/mol. The minimum absolute atomic E-state index is 0.0564. The van der Waals surface area contributed by atoms with Gasteiger partial charge in [0.15, 0.2) is 0 Å². The van der Waals surface area contributed by atoms with E-state index in [9.17, 15) is 16.8 Å². The maximum Gasteiger partial charge on any atom is 0.244 e. The normalized spacial score (nSPS) is 16.6. The molecule has 1 saturated heterocycles. The Hall–Kier alpha value is -2.01. The summed E-state index contributed by atoms with van der Waals surface area (Å²) < 4.78 is 60.0. The molecule has 0 aliphatic carbocycles. The van der Waals surface area contributed by atoms with Gasteiger partial charge in [-0.2, -0.15) is 4.31 Å². The summed E-state index contributed by atoms with van der Waals surface area (Å²) in [6.07, 6.45) is 4.02. The lowest BCUT2D eigenvalue weighted by atomic mass is 9.99. The second-order valence-corrected chi connectivity index (χ2v) is 10.7. The van der Waals surface area contributed by atoms with Crippen molar-refractivity contribution in [3.63, 3.8) is 0 Å². The number of methoxy groups -OCH3 is 1. The Labute approximate surface area is 172 Å². The van der Waals surface area contributed by atoms with Crippen molar-refractivity contribution in [3.05, 3.63) is 48.3 Å². The van der Waals surface area contributed by atoms with Gasteiger partial charge in [0.25, 0.3) is 0 Å². The standard InChI is InChI=1S/C19H25N3O5S2/c1-15-5-6-18(27-2)19(12-15)28(23,24)21-13-16-7-10-22(11-8-16)29(25,26)17-4-3-9-20-14-17/h3-6,9,12,14,16,21H,7-8,10-11,13H2,1-2H3. The highest BCUT2D eigenvalue weighted by Gasteiger charge is 2.30. The van der Waals surface area contributed by atoms with Crippen molar-refractivity contribution in [2.24, 2.45) is 5.92 Å². The van der Waals surface area contributed by atoms with Gasteiger partial charge in [0.2, 0.25) is 20.0 Å². The molecule has 0 amide bonds. The van der Waals surface area contributed by atoms with Crippen LogP contribution < -0.4 is 9.46 Å². The Bertz CT molecular complexity index is 1050. The van der Waals surface area contributed by atoms with Crippen molar-refractivity contribution in [1.82, 2.24) is 14.0 Å². The molecule has 2 aromatic rings. The van der Waals surface area contributed by atoms with Crippen LogP contribution in [0.15, 0.2) is 52.5 Å². The third-order valence-corrected chi connectivity index (χ3v) is 8.34. The number of pyridine rings is 1. The van der Waals surface area contributed by atoms with Crippen molar-refractivity contribution >= 4 is 20.0 Å². The van der Waals surface area contributed by atoms with Gasteiger partial charge in [0.1, 0.15) is 15.5 Å². The minimum atomic E-state index is -3.72. The van der Waals surface area contributed by atoms with E-state index in [0.29, 0.717) is 31.7 Å². The molecule has 1 aliphatic heterocycles. The average Bonchev–Trinajstić information content (AvgIpc) is 2.73. The fourth-order valence-electron chi connectivity index (χ4n) is 3.30. The molecule has 1 fully saturated rings. The van der Waals surface area contributed by atoms with E-state index in [1.165, 1.54) is 29.9 Å². The number of nitrogens with zero attached hydrogens (tertiary/aromatic N) is 2. The van der Waals surface area contributed by atoms with Crippen LogP contribution in [0.1, 0.15) is 18.4 Å². The van der Waals surface area contributed by atoms with Crippen LogP contribution in [0, 0.1) is 12.8 Å². The third-order valence-electron chi connectivity index (χ3n) is 5.02. The highest BCUT2D eigenvalue weighted by molar-refractivity contribution is 7.89. The van der Waals surface area contributed by atoms with Crippen LogP contribution in [0.2, 0.25) is 0 Å². The number of sulfonamides is 2. The molecule has 0 atom stereocenters. The van der Waals surface area contributed by atoms with E-state index in [1.54, 1.807) is 24.3 Å². The topological polar surface area (TPSA) is 106 Å². The van der Waals surface area contributed by atoms with E-state index < -0.39 is 20.0 Å². The molecule has 2 heterocycles. The molecule has 1 aliphatic rings. The first-order valence-corrected chi connectivity index (χ1v) is 12.2. The van der Waals surface area contributed by atoms with Crippen molar-refractivity contribution in [1.29, 1.82) is 0 Å². The van der Waals surface area contributed by atoms with Gasteiger partial charge in [0.05, 0.1) is 7.11 Å². The number of ether oxygens (including phenoxy) is 1. The Kier molecular flexibility index (Phi) is 6.57. The molecule has 0 radical (unpaired) electrons. The summed E-state index contributed by atoms with van der Waals surface area (Å²) in [4.78, 5) is 4.15. The van der Waals surface area contributed by atoms with E-state index in [0.717, 1.165) is 5.56 Å². The molecule has 1 aromatic carbocycles. The summed E-state index contributed by atoms with van der Waals surface area (Å²) >= 11 is 0. The highest BCUT2D eigenvalue weighted by Crippen LogP contribution is 2.26. The van der Waals surface area contributed by atoms with E-state index in [1.807, 2.05) is 6.92 Å². The number of aryl methyl sites for hydroxylation is 1. The lowest BCUT2D eigenvalue weighted by Gasteiger charge is -2.31. The smallest absolute Gasteiger partial charge is 0.244 e. The molecule has 0 unspecified atom stereocenters. The first-order chi connectivity index (χ1) is 13.7. The van der Waals surface area contributed by atoms with E-state index in [-0.39, 0.29) is 22.3 Å². The molecule has 0 saturated carbocycles. The van der Waals surface area contributed by atoms with Gasteiger partial charge in [-0.15, -0.1) is 0 Å². The predicted octanol–water partition coefficient (Wildman–Crippen LogP) is 1.78. The first kappa shape index (κ1) is 21.7. The van der Waals surface area contributed by atoms with Gasteiger partial charge >= 0.3 is 0 Å². The number of nitrogens with one attached hydrogen (secondary N) is 1. The SMILES string of the molecule is COc1ccc(C)cc1S(=O)(=O)NCC1CCN(S(=O)(=O)c2cccnc2)CC1. The van der Waals surface area contributed by atoms with Gasteiger partial charge in [-0.1, -0.05) is 6.07 Å². The Balaban J connectivity index is 1.61. The number of hydrogen-bond donors (Lipinski definition) is 1. The summed E-state index contributed by atoms with van der Waals surface area (Å²) in [5.41, 5.74) is 0.820. The van der Waals surface area contributed by atoms with Crippen LogP contribution in [-0.2, 0) is 20.0 Å². The zero-order valence-corrected chi connectivity index (χ0v) is 18.0. The number of piperidine rings is 1. The zero-order valence-electron chi connectivity index (χ0n) is 16.4. The number of benzene rings is 1. The number of aromatic nitrogens is 1. The van der Waals surface area contributed by atoms with Crippen molar-refractivity contribution in [2.45, 2.75) is 29.6 Å². The second-order valence-electron chi connectivity index (χ2n) is 7.04. The summed E-state index contributed by atoms with van der Waals surface area (Å²) in [5.74, 6) is 0.349. The number of rotatable bonds is 7. The van der Waals surface area contributed by atoms with Gasteiger partial charge in [-0.3, -0.25) is 4.98 Å². The fraction of sp³-hybridized carbons (Fsp3) is 0.421. The molecular formula is C19H25N3O5S2. The fourth-order valence-corrected chi connectivity index (χ4v) is 6.10. The van der Waals surface area contributed by atoms with E-state index >= 15 is 0 Å². The van der Waals surface area contributed by atoms with Crippen LogP contribution in [0.3, 0.4) is 0 Å². The molecule has 10 heteroatoms. The van der Waals surface area contributed by atoms with Crippen LogP contribution >= 0.6 is 0 Å². The largest absolute Gasteiger partial charge is 0.495 e. The number of hydrogen-bond acceptors (Lipinski definition) is 6. The molecule has 29 heavy (non-hydrogen) atoms. The molecule has 158 valence electrons. The van der Waals surface area contributed by atoms with Crippen LogP contribution in [0.25, 0.3) is 0 Å². The molecular weight excluding hydrogens is 414 g/mol. The van der Waals surface area contributed by atoms with Gasteiger partial charge in [-0.05, 0) is 55.5 Å². The molecule has 0 spiro atoms. The maximum atomic E-state index is 12.7. The molecule has 1 aromatic heterocycles. The van der Waals surface area contributed by atoms with Gasteiger partial charge in [-0.25, -0.2) is 21.6 Å². The predicted molar refractivity (Wildman–Crippen MR) is 109 cm³/mol. The lowest BCUT2D eigenvalue weighted by molar-refractivity contribution is 0.274. The van der Waals surface area contributed by atoms with Crippen LogP contribution in [0.5, 0.6) is 5.75 Å². The third kappa shape index (κ3) is 4.95. The van der Waals surface area contributed by atoms with E-state index in [4.69, 9.17) is 4.74 Å². The Morgan fingerprint density at radius 2 is 1.90 bits per heavy atom. The van der Waals surface area contributed by atoms with Gasteiger partial charge in [0, 0.05) is 32.0 Å². The molecule has 1 N–H and O–H groups in total. The zero-order chi connectivity index (χ0) is 21.1. The first-order valence-electron chi connectivity index (χ1n) is 9.28. The summed E-state index contributed by atoms with van der Waals surface area (Å²) in [6.45, 7) is 2.76. The maximum absolute atomic E-state index is 12.7. The Morgan fingerprint density at radius 3 is 2.52 bits per heavy atom. The summed E-state index contributed by atoms with van der Waals surface area (Å²) in [5, 5.41) is 0. The summed E-state index contributed by atoms with van der Waals surface area (Å²) in [7, 11) is -5.86. The van der Waals surface area contributed by atoms with Crippen molar-refractivity contribution < 1.29 is 21.6 Å².